The minimum absolute atomic E-state index is 0.281. The van der Waals surface area contributed by atoms with Gasteiger partial charge in [0.05, 0.1) is 34.1 Å². The summed E-state index contributed by atoms with van der Waals surface area (Å²) in [7, 11) is 1.30. The molecular weight excluding hydrogens is 374 g/mol. The van der Waals surface area contributed by atoms with Gasteiger partial charge in [0.15, 0.2) is 0 Å². The Morgan fingerprint density at radius 3 is 2.54 bits per heavy atom. The van der Waals surface area contributed by atoms with Crippen molar-refractivity contribution in [1.29, 1.82) is 0 Å². The van der Waals surface area contributed by atoms with Crippen molar-refractivity contribution in [1.82, 2.24) is 9.97 Å². The standard InChI is InChI=1S/C21H15N3O3S/c1-27-21(26)13-7-2-3-9-15(13)23-19(25)14-8-6-12-22-18(14)20-24-16-10-4-5-11-17(16)28-20/h2-12H,1H3,(H,23,25). The molecule has 4 aromatic rings. The maximum absolute atomic E-state index is 13.0. The predicted molar refractivity (Wildman–Crippen MR) is 109 cm³/mol. The van der Waals surface area contributed by atoms with Crippen LogP contribution in [0.5, 0.6) is 0 Å². The number of pyridine rings is 1. The van der Waals surface area contributed by atoms with Gasteiger partial charge in [-0.2, -0.15) is 0 Å². The zero-order chi connectivity index (χ0) is 19.5. The Labute approximate surface area is 164 Å². The van der Waals surface area contributed by atoms with Gasteiger partial charge in [0.25, 0.3) is 5.91 Å². The zero-order valence-corrected chi connectivity index (χ0v) is 15.7. The molecular formula is C21H15N3O3S. The number of rotatable bonds is 4. The van der Waals surface area contributed by atoms with Crippen molar-refractivity contribution in [3.8, 4) is 10.7 Å². The lowest BCUT2D eigenvalue weighted by atomic mass is 10.1. The van der Waals surface area contributed by atoms with Gasteiger partial charge in [-0.1, -0.05) is 24.3 Å². The van der Waals surface area contributed by atoms with Gasteiger partial charge >= 0.3 is 5.97 Å². The molecule has 0 aliphatic carbocycles. The lowest BCUT2D eigenvalue weighted by Gasteiger charge is -2.11. The van der Waals surface area contributed by atoms with E-state index in [-0.39, 0.29) is 11.5 Å². The number of nitrogens with zero attached hydrogens (tertiary/aromatic N) is 2. The first-order valence-electron chi connectivity index (χ1n) is 8.47. The molecule has 4 rings (SSSR count). The summed E-state index contributed by atoms with van der Waals surface area (Å²) in [5, 5.41) is 3.44. The van der Waals surface area contributed by atoms with Crippen LogP contribution in [0.25, 0.3) is 20.9 Å². The number of hydrogen-bond acceptors (Lipinski definition) is 6. The monoisotopic (exact) mass is 389 g/mol. The van der Waals surface area contributed by atoms with E-state index in [1.807, 2.05) is 24.3 Å². The predicted octanol–water partition coefficient (Wildman–Crippen LogP) is 4.40. The number of fused-ring (bicyclic) bond motifs is 1. The van der Waals surface area contributed by atoms with Crippen LogP contribution in [0, 0.1) is 0 Å². The molecule has 0 aliphatic heterocycles. The lowest BCUT2D eigenvalue weighted by Crippen LogP contribution is -2.16. The van der Waals surface area contributed by atoms with E-state index in [4.69, 9.17) is 4.74 Å². The first kappa shape index (κ1) is 17.8. The number of hydrogen-bond donors (Lipinski definition) is 1. The summed E-state index contributed by atoms with van der Waals surface area (Å²) in [4.78, 5) is 33.9. The number of ether oxygens (including phenoxy) is 1. The molecule has 1 amide bonds. The van der Waals surface area contributed by atoms with Crippen LogP contribution in [0.3, 0.4) is 0 Å². The molecule has 0 fully saturated rings. The highest BCUT2D eigenvalue weighted by molar-refractivity contribution is 7.21. The number of methoxy groups -OCH3 is 1. The quantitative estimate of drug-likeness (QED) is 0.523. The topological polar surface area (TPSA) is 81.2 Å². The first-order chi connectivity index (χ1) is 13.7. The number of esters is 1. The summed E-state index contributed by atoms with van der Waals surface area (Å²) in [6.07, 6.45) is 1.63. The highest BCUT2D eigenvalue weighted by atomic mass is 32.1. The SMILES string of the molecule is COC(=O)c1ccccc1NC(=O)c1cccnc1-c1nc2ccccc2s1. The van der Waals surface area contributed by atoms with Crippen molar-refractivity contribution in [3.05, 3.63) is 78.0 Å². The van der Waals surface area contributed by atoms with Crippen molar-refractivity contribution in [2.24, 2.45) is 0 Å². The normalized spacial score (nSPS) is 10.6. The van der Waals surface area contributed by atoms with Crippen LogP contribution in [0.1, 0.15) is 20.7 Å². The lowest BCUT2D eigenvalue weighted by molar-refractivity contribution is 0.0602. The molecule has 0 radical (unpaired) electrons. The molecule has 1 N–H and O–H groups in total. The van der Waals surface area contributed by atoms with Crippen LogP contribution in [0.2, 0.25) is 0 Å². The number of amides is 1. The third kappa shape index (κ3) is 3.35. The first-order valence-corrected chi connectivity index (χ1v) is 9.28. The van der Waals surface area contributed by atoms with Crippen LogP contribution in [-0.4, -0.2) is 29.0 Å². The van der Waals surface area contributed by atoms with Gasteiger partial charge in [0.2, 0.25) is 0 Å². The molecule has 2 aromatic heterocycles. The highest BCUT2D eigenvalue weighted by Gasteiger charge is 2.19. The summed E-state index contributed by atoms with van der Waals surface area (Å²) in [6, 6.07) is 17.8. The van der Waals surface area contributed by atoms with Crippen LogP contribution in [-0.2, 0) is 4.74 Å². The second-order valence-corrected chi connectivity index (χ2v) is 6.91. The van der Waals surface area contributed by atoms with E-state index in [0.717, 1.165) is 10.2 Å². The molecule has 28 heavy (non-hydrogen) atoms. The third-order valence-electron chi connectivity index (χ3n) is 4.13. The second-order valence-electron chi connectivity index (χ2n) is 5.88. The van der Waals surface area contributed by atoms with Crippen molar-refractivity contribution in [3.63, 3.8) is 0 Å². The fraction of sp³-hybridized carbons (Fsp3) is 0.0476. The molecule has 0 unspecified atom stereocenters. The molecule has 2 aromatic carbocycles. The van der Waals surface area contributed by atoms with Crippen molar-refractivity contribution >= 4 is 39.1 Å². The van der Waals surface area contributed by atoms with Gasteiger partial charge in [0.1, 0.15) is 10.7 Å². The molecule has 6 nitrogen and oxygen atoms in total. The van der Waals surface area contributed by atoms with Gasteiger partial charge in [-0.05, 0) is 36.4 Å². The minimum Gasteiger partial charge on any atom is -0.465 e. The van der Waals surface area contributed by atoms with Crippen LogP contribution >= 0.6 is 11.3 Å². The number of carbonyl (C=O) groups is 2. The van der Waals surface area contributed by atoms with E-state index in [0.29, 0.717) is 22.0 Å². The molecule has 0 atom stereocenters. The summed E-state index contributed by atoms with van der Waals surface area (Å²) in [6.45, 7) is 0. The Kier molecular flexibility index (Phi) is 4.82. The average molecular weight is 389 g/mol. The Hall–Kier alpha value is -3.58. The number of benzene rings is 2. The largest absolute Gasteiger partial charge is 0.465 e. The molecule has 0 saturated heterocycles. The highest BCUT2D eigenvalue weighted by Crippen LogP contribution is 2.31. The molecule has 138 valence electrons. The molecule has 0 spiro atoms. The van der Waals surface area contributed by atoms with Crippen molar-refractivity contribution in [2.75, 3.05) is 12.4 Å². The molecule has 2 heterocycles. The summed E-state index contributed by atoms with van der Waals surface area (Å²) < 4.78 is 5.80. The van der Waals surface area contributed by atoms with Crippen molar-refractivity contribution < 1.29 is 14.3 Å². The second kappa shape index (κ2) is 7.58. The number of para-hydroxylation sites is 2. The van der Waals surface area contributed by atoms with Gasteiger partial charge in [-0.15, -0.1) is 11.3 Å². The molecule has 0 aliphatic rings. The van der Waals surface area contributed by atoms with Gasteiger partial charge in [-0.3, -0.25) is 9.78 Å². The van der Waals surface area contributed by atoms with E-state index in [9.17, 15) is 9.59 Å². The van der Waals surface area contributed by atoms with E-state index in [1.54, 1.807) is 42.6 Å². The maximum atomic E-state index is 13.0. The number of nitrogens with one attached hydrogen (secondary N) is 1. The Morgan fingerprint density at radius 1 is 0.964 bits per heavy atom. The zero-order valence-electron chi connectivity index (χ0n) is 14.9. The Bertz CT molecular complexity index is 1150. The van der Waals surface area contributed by atoms with E-state index in [1.165, 1.54) is 18.4 Å². The summed E-state index contributed by atoms with van der Waals surface area (Å²) in [5.41, 5.74) is 2.38. The summed E-state index contributed by atoms with van der Waals surface area (Å²) in [5.74, 6) is -0.896. The van der Waals surface area contributed by atoms with E-state index < -0.39 is 5.97 Å². The number of carbonyl (C=O) groups excluding carboxylic acids is 2. The molecule has 0 saturated carbocycles. The van der Waals surface area contributed by atoms with E-state index >= 15 is 0 Å². The van der Waals surface area contributed by atoms with Crippen molar-refractivity contribution in [2.45, 2.75) is 0 Å². The average Bonchev–Trinajstić information content (AvgIpc) is 3.17. The fourth-order valence-electron chi connectivity index (χ4n) is 2.80. The summed E-state index contributed by atoms with van der Waals surface area (Å²) >= 11 is 1.47. The maximum Gasteiger partial charge on any atom is 0.339 e. The number of anilines is 1. The van der Waals surface area contributed by atoms with Gasteiger partial charge in [-0.25, -0.2) is 9.78 Å². The van der Waals surface area contributed by atoms with Crippen LogP contribution in [0.15, 0.2) is 66.9 Å². The third-order valence-corrected chi connectivity index (χ3v) is 5.17. The molecule has 0 bridgehead atoms. The van der Waals surface area contributed by atoms with Gasteiger partial charge in [0, 0.05) is 6.20 Å². The fourth-order valence-corrected chi connectivity index (χ4v) is 3.78. The Balaban J connectivity index is 1.71. The number of aromatic nitrogens is 2. The number of thiazole rings is 1. The minimum atomic E-state index is -0.520. The van der Waals surface area contributed by atoms with Crippen LogP contribution in [0.4, 0.5) is 5.69 Å². The van der Waals surface area contributed by atoms with E-state index in [2.05, 4.69) is 15.3 Å². The molecule has 7 heteroatoms. The van der Waals surface area contributed by atoms with Gasteiger partial charge < -0.3 is 10.1 Å². The smallest absolute Gasteiger partial charge is 0.339 e. The Morgan fingerprint density at radius 2 is 1.71 bits per heavy atom. The van der Waals surface area contributed by atoms with Crippen LogP contribution < -0.4 is 5.32 Å².